The zero-order chi connectivity index (χ0) is 14.4. The van der Waals surface area contributed by atoms with Crippen molar-refractivity contribution in [2.45, 2.75) is 25.3 Å². The van der Waals surface area contributed by atoms with Gasteiger partial charge in [-0.3, -0.25) is 0 Å². The van der Waals surface area contributed by atoms with Crippen LogP contribution < -0.4 is 10.5 Å². The van der Waals surface area contributed by atoms with Crippen molar-refractivity contribution in [3.05, 3.63) is 47.7 Å². The predicted octanol–water partition coefficient (Wildman–Crippen LogP) is 3.84. The summed E-state index contributed by atoms with van der Waals surface area (Å²) >= 11 is 1.67. The number of nitrogen functional groups attached to an aromatic ring is 1. The van der Waals surface area contributed by atoms with E-state index in [0.29, 0.717) is 6.61 Å². The third-order valence-electron chi connectivity index (χ3n) is 2.79. The van der Waals surface area contributed by atoms with Crippen LogP contribution in [0.3, 0.4) is 0 Å². The number of ether oxygens (including phenoxy) is 1. The Hall–Kier alpha value is -1.68. The van der Waals surface area contributed by atoms with E-state index in [1.54, 1.807) is 18.0 Å². The Kier molecular flexibility index (Phi) is 5.30. The lowest BCUT2D eigenvalue weighted by atomic mass is 10.1. The van der Waals surface area contributed by atoms with Crippen LogP contribution >= 0.6 is 11.8 Å². The molecule has 0 fully saturated rings. The number of aromatic nitrogens is 1. The standard InChI is InChI=1S/C16H20N2OS/c1-12-9-13(2)11-14(10-12)19-7-4-8-20-16-15(17)5-3-6-18-16/h3,5-6,9-11H,4,7-8,17H2,1-2H3. The summed E-state index contributed by atoms with van der Waals surface area (Å²) in [6.07, 6.45) is 2.73. The first-order valence-corrected chi connectivity index (χ1v) is 7.68. The van der Waals surface area contributed by atoms with E-state index < -0.39 is 0 Å². The molecule has 2 rings (SSSR count). The Morgan fingerprint density at radius 1 is 1.20 bits per heavy atom. The average Bonchev–Trinajstić information content (AvgIpc) is 2.39. The molecule has 0 saturated carbocycles. The van der Waals surface area contributed by atoms with E-state index in [9.17, 15) is 0 Å². The van der Waals surface area contributed by atoms with Crippen LogP contribution in [0.1, 0.15) is 17.5 Å². The van der Waals surface area contributed by atoms with E-state index in [0.717, 1.165) is 28.6 Å². The number of aryl methyl sites for hydroxylation is 2. The summed E-state index contributed by atoms with van der Waals surface area (Å²) in [5.41, 5.74) is 9.05. The first kappa shape index (κ1) is 14.7. The molecule has 3 nitrogen and oxygen atoms in total. The highest BCUT2D eigenvalue weighted by molar-refractivity contribution is 7.99. The first-order chi connectivity index (χ1) is 9.65. The van der Waals surface area contributed by atoms with Gasteiger partial charge in [0, 0.05) is 11.9 Å². The number of hydrogen-bond acceptors (Lipinski definition) is 4. The van der Waals surface area contributed by atoms with E-state index in [1.807, 2.05) is 12.1 Å². The Balaban J connectivity index is 1.73. The Morgan fingerprint density at radius 2 is 1.95 bits per heavy atom. The Labute approximate surface area is 124 Å². The summed E-state index contributed by atoms with van der Waals surface area (Å²) < 4.78 is 5.77. The number of anilines is 1. The molecular weight excluding hydrogens is 268 g/mol. The lowest BCUT2D eigenvalue weighted by Gasteiger charge is -2.08. The maximum Gasteiger partial charge on any atom is 0.119 e. The van der Waals surface area contributed by atoms with Crippen molar-refractivity contribution in [3.63, 3.8) is 0 Å². The lowest BCUT2D eigenvalue weighted by Crippen LogP contribution is -2.00. The lowest BCUT2D eigenvalue weighted by molar-refractivity contribution is 0.318. The summed E-state index contributed by atoms with van der Waals surface area (Å²) in [4.78, 5) is 4.25. The van der Waals surface area contributed by atoms with Crippen LogP contribution in [-0.2, 0) is 0 Å². The minimum atomic E-state index is 0.711. The van der Waals surface area contributed by atoms with Crippen LogP contribution in [0, 0.1) is 13.8 Å². The molecule has 0 radical (unpaired) electrons. The van der Waals surface area contributed by atoms with Gasteiger partial charge in [-0.2, -0.15) is 0 Å². The second-order valence-corrected chi connectivity index (χ2v) is 5.86. The number of hydrogen-bond donors (Lipinski definition) is 1. The van der Waals surface area contributed by atoms with Gasteiger partial charge in [0.1, 0.15) is 10.8 Å². The van der Waals surface area contributed by atoms with Crippen molar-refractivity contribution in [3.8, 4) is 5.75 Å². The van der Waals surface area contributed by atoms with Gasteiger partial charge in [-0.15, -0.1) is 11.8 Å². The Bertz CT molecular complexity index is 552. The highest BCUT2D eigenvalue weighted by Gasteiger charge is 2.01. The largest absolute Gasteiger partial charge is 0.494 e. The van der Waals surface area contributed by atoms with Crippen molar-refractivity contribution in [1.82, 2.24) is 4.98 Å². The number of rotatable bonds is 6. The molecule has 106 valence electrons. The second-order valence-electron chi connectivity index (χ2n) is 4.77. The molecule has 1 heterocycles. The highest BCUT2D eigenvalue weighted by atomic mass is 32.2. The zero-order valence-corrected chi connectivity index (χ0v) is 12.7. The molecule has 0 aliphatic rings. The fraction of sp³-hybridized carbons (Fsp3) is 0.312. The molecule has 0 aliphatic carbocycles. The fourth-order valence-corrected chi connectivity index (χ4v) is 2.78. The first-order valence-electron chi connectivity index (χ1n) is 6.69. The van der Waals surface area contributed by atoms with Gasteiger partial charge in [-0.1, -0.05) is 6.07 Å². The van der Waals surface area contributed by atoms with Gasteiger partial charge in [0.15, 0.2) is 0 Å². The van der Waals surface area contributed by atoms with Crippen LogP contribution in [0.15, 0.2) is 41.6 Å². The van der Waals surface area contributed by atoms with E-state index in [2.05, 4.69) is 37.0 Å². The van der Waals surface area contributed by atoms with Crippen molar-refractivity contribution < 1.29 is 4.74 Å². The van der Waals surface area contributed by atoms with Crippen LogP contribution in [0.2, 0.25) is 0 Å². The predicted molar refractivity (Wildman–Crippen MR) is 85.4 cm³/mol. The fourth-order valence-electron chi connectivity index (χ4n) is 1.96. The minimum Gasteiger partial charge on any atom is -0.494 e. The summed E-state index contributed by atoms with van der Waals surface area (Å²) in [6, 6.07) is 10.0. The van der Waals surface area contributed by atoms with Crippen LogP contribution in [-0.4, -0.2) is 17.3 Å². The SMILES string of the molecule is Cc1cc(C)cc(OCCCSc2ncccc2N)c1. The molecule has 0 spiro atoms. The number of benzene rings is 1. The van der Waals surface area contributed by atoms with Crippen molar-refractivity contribution in [2.24, 2.45) is 0 Å². The molecule has 0 amide bonds. The summed E-state index contributed by atoms with van der Waals surface area (Å²) in [6.45, 7) is 4.88. The normalized spacial score (nSPS) is 10.5. The smallest absolute Gasteiger partial charge is 0.119 e. The van der Waals surface area contributed by atoms with E-state index >= 15 is 0 Å². The third kappa shape index (κ3) is 4.46. The van der Waals surface area contributed by atoms with Gasteiger partial charge in [0.25, 0.3) is 0 Å². The van der Waals surface area contributed by atoms with Gasteiger partial charge < -0.3 is 10.5 Å². The quantitative estimate of drug-likeness (QED) is 0.648. The van der Waals surface area contributed by atoms with E-state index in [1.165, 1.54) is 11.1 Å². The molecule has 0 atom stereocenters. The molecule has 2 N–H and O–H groups in total. The molecule has 0 saturated heterocycles. The van der Waals surface area contributed by atoms with E-state index in [-0.39, 0.29) is 0 Å². The number of pyridine rings is 1. The minimum absolute atomic E-state index is 0.711. The highest BCUT2D eigenvalue weighted by Crippen LogP contribution is 2.22. The van der Waals surface area contributed by atoms with Crippen LogP contribution in [0.25, 0.3) is 0 Å². The van der Waals surface area contributed by atoms with Crippen molar-refractivity contribution >= 4 is 17.4 Å². The second kappa shape index (κ2) is 7.20. The molecule has 1 aromatic heterocycles. The molecule has 4 heteroatoms. The topological polar surface area (TPSA) is 48.1 Å². The summed E-state index contributed by atoms with van der Waals surface area (Å²) in [7, 11) is 0. The molecule has 0 aliphatic heterocycles. The van der Waals surface area contributed by atoms with Crippen LogP contribution in [0.5, 0.6) is 5.75 Å². The summed E-state index contributed by atoms with van der Waals surface area (Å²) in [5.74, 6) is 1.90. The number of nitrogens with zero attached hydrogens (tertiary/aromatic N) is 1. The van der Waals surface area contributed by atoms with Crippen molar-refractivity contribution in [1.29, 1.82) is 0 Å². The van der Waals surface area contributed by atoms with Gasteiger partial charge in [-0.05, 0) is 55.7 Å². The van der Waals surface area contributed by atoms with Crippen molar-refractivity contribution in [2.75, 3.05) is 18.1 Å². The zero-order valence-electron chi connectivity index (χ0n) is 11.9. The van der Waals surface area contributed by atoms with Gasteiger partial charge >= 0.3 is 0 Å². The van der Waals surface area contributed by atoms with Crippen LogP contribution in [0.4, 0.5) is 5.69 Å². The molecule has 2 aromatic rings. The molecule has 20 heavy (non-hydrogen) atoms. The molecule has 0 unspecified atom stereocenters. The molecule has 0 bridgehead atoms. The molecule has 1 aromatic carbocycles. The summed E-state index contributed by atoms with van der Waals surface area (Å²) in [5, 5.41) is 0.902. The number of thioether (sulfide) groups is 1. The Morgan fingerprint density at radius 3 is 2.65 bits per heavy atom. The average molecular weight is 288 g/mol. The monoisotopic (exact) mass is 288 g/mol. The van der Waals surface area contributed by atoms with Gasteiger partial charge in [0.05, 0.1) is 12.3 Å². The third-order valence-corrected chi connectivity index (χ3v) is 3.90. The molecular formula is C16H20N2OS. The van der Waals surface area contributed by atoms with Gasteiger partial charge in [-0.25, -0.2) is 4.98 Å². The number of nitrogens with two attached hydrogens (primary N) is 1. The maximum atomic E-state index is 5.85. The maximum absolute atomic E-state index is 5.85. The van der Waals surface area contributed by atoms with Gasteiger partial charge in [0.2, 0.25) is 0 Å². The van der Waals surface area contributed by atoms with E-state index in [4.69, 9.17) is 10.5 Å².